The first kappa shape index (κ1) is 14.8. The lowest BCUT2D eigenvalue weighted by atomic mass is 10.1. The highest BCUT2D eigenvalue weighted by Gasteiger charge is 2.21. The van der Waals surface area contributed by atoms with Crippen LogP contribution in [0.4, 0.5) is 0 Å². The van der Waals surface area contributed by atoms with E-state index in [0.29, 0.717) is 13.1 Å². The fourth-order valence-electron chi connectivity index (χ4n) is 2.79. The van der Waals surface area contributed by atoms with Crippen molar-refractivity contribution in [3.63, 3.8) is 0 Å². The van der Waals surface area contributed by atoms with Crippen molar-refractivity contribution in [3.8, 4) is 0 Å². The maximum absolute atomic E-state index is 12.4. The molecule has 1 aromatic carbocycles. The molecule has 1 aliphatic heterocycles. The summed E-state index contributed by atoms with van der Waals surface area (Å²) in [7, 11) is 1.99. The first-order chi connectivity index (χ1) is 10.6. The maximum atomic E-state index is 12.4. The Bertz CT molecular complexity index is 647. The molecule has 0 spiro atoms. The summed E-state index contributed by atoms with van der Waals surface area (Å²) in [6.07, 6.45) is 3.68. The highest BCUT2D eigenvalue weighted by Crippen LogP contribution is 2.12. The number of nitrogens with zero attached hydrogens (tertiary/aromatic N) is 4. The number of imidazole rings is 1. The third-order valence-corrected chi connectivity index (χ3v) is 4.09. The van der Waals surface area contributed by atoms with Gasteiger partial charge in [-0.3, -0.25) is 9.69 Å². The standard InChI is InChI=1S/C17H22N4O/c1-14-3-5-15(6-4-14)10-19(2)12-17(22)20-7-8-21-13-18-9-16(21)11-20/h3-6,9,13H,7-8,10-12H2,1-2H3. The maximum Gasteiger partial charge on any atom is 0.237 e. The molecule has 0 saturated carbocycles. The van der Waals surface area contributed by atoms with Gasteiger partial charge < -0.3 is 9.47 Å². The summed E-state index contributed by atoms with van der Waals surface area (Å²) in [6.45, 7) is 5.58. The Hall–Kier alpha value is -2.14. The van der Waals surface area contributed by atoms with E-state index in [1.54, 1.807) is 0 Å². The van der Waals surface area contributed by atoms with E-state index in [9.17, 15) is 4.79 Å². The van der Waals surface area contributed by atoms with Crippen LogP contribution in [-0.4, -0.2) is 45.4 Å². The Balaban J connectivity index is 1.54. The summed E-state index contributed by atoms with van der Waals surface area (Å²) < 4.78 is 2.11. The molecule has 0 unspecified atom stereocenters. The summed E-state index contributed by atoms with van der Waals surface area (Å²) in [6, 6.07) is 8.46. The molecule has 1 amide bonds. The number of likely N-dealkylation sites (N-methyl/N-ethyl adjacent to an activating group) is 1. The average Bonchev–Trinajstić information content (AvgIpc) is 2.97. The summed E-state index contributed by atoms with van der Waals surface area (Å²) in [5, 5.41) is 0. The fraction of sp³-hybridized carbons (Fsp3) is 0.412. The van der Waals surface area contributed by atoms with Gasteiger partial charge in [0, 0.05) is 25.8 Å². The number of aromatic nitrogens is 2. The highest BCUT2D eigenvalue weighted by molar-refractivity contribution is 5.78. The van der Waals surface area contributed by atoms with Crippen molar-refractivity contribution >= 4 is 5.91 Å². The van der Waals surface area contributed by atoms with Crippen molar-refractivity contribution in [2.45, 2.75) is 26.6 Å². The zero-order chi connectivity index (χ0) is 15.5. The minimum atomic E-state index is 0.182. The van der Waals surface area contributed by atoms with Crippen LogP contribution in [0, 0.1) is 6.92 Å². The molecule has 0 N–H and O–H groups in total. The first-order valence-electron chi connectivity index (χ1n) is 7.62. The molecule has 0 fully saturated rings. The molecule has 0 aliphatic carbocycles. The molecule has 3 rings (SSSR count). The largest absolute Gasteiger partial charge is 0.334 e. The molecule has 22 heavy (non-hydrogen) atoms. The van der Waals surface area contributed by atoms with Gasteiger partial charge in [-0.15, -0.1) is 0 Å². The van der Waals surface area contributed by atoms with Gasteiger partial charge in [0.1, 0.15) is 0 Å². The number of fused-ring (bicyclic) bond motifs is 1. The average molecular weight is 298 g/mol. The predicted molar refractivity (Wildman–Crippen MR) is 85.2 cm³/mol. The Morgan fingerprint density at radius 3 is 2.82 bits per heavy atom. The topological polar surface area (TPSA) is 41.4 Å². The molecule has 0 radical (unpaired) electrons. The smallest absolute Gasteiger partial charge is 0.237 e. The van der Waals surface area contributed by atoms with Crippen molar-refractivity contribution in [1.29, 1.82) is 0 Å². The minimum absolute atomic E-state index is 0.182. The zero-order valence-electron chi connectivity index (χ0n) is 13.2. The van der Waals surface area contributed by atoms with Gasteiger partial charge in [0.2, 0.25) is 5.91 Å². The van der Waals surface area contributed by atoms with Crippen LogP contribution in [0.5, 0.6) is 0 Å². The van der Waals surface area contributed by atoms with E-state index >= 15 is 0 Å². The van der Waals surface area contributed by atoms with E-state index in [0.717, 1.165) is 25.3 Å². The fourth-order valence-corrected chi connectivity index (χ4v) is 2.79. The van der Waals surface area contributed by atoms with E-state index in [2.05, 4.69) is 45.6 Å². The van der Waals surface area contributed by atoms with Gasteiger partial charge in [-0.05, 0) is 19.5 Å². The molecule has 5 nitrogen and oxygen atoms in total. The number of rotatable bonds is 4. The highest BCUT2D eigenvalue weighted by atomic mass is 16.2. The van der Waals surface area contributed by atoms with Crippen molar-refractivity contribution in [1.82, 2.24) is 19.4 Å². The molecular formula is C17H22N4O. The predicted octanol–water partition coefficient (Wildman–Crippen LogP) is 1.67. The quantitative estimate of drug-likeness (QED) is 0.862. The summed E-state index contributed by atoms with van der Waals surface area (Å²) in [5.74, 6) is 0.182. The van der Waals surface area contributed by atoms with Crippen molar-refractivity contribution < 1.29 is 4.79 Å². The number of hydrogen-bond acceptors (Lipinski definition) is 3. The van der Waals surface area contributed by atoms with Crippen LogP contribution in [0.3, 0.4) is 0 Å². The van der Waals surface area contributed by atoms with E-state index in [-0.39, 0.29) is 5.91 Å². The lowest BCUT2D eigenvalue weighted by Crippen LogP contribution is -2.42. The van der Waals surface area contributed by atoms with Gasteiger partial charge >= 0.3 is 0 Å². The Morgan fingerprint density at radius 2 is 2.05 bits per heavy atom. The normalized spacial score (nSPS) is 14.2. The van der Waals surface area contributed by atoms with E-state index in [4.69, 9.17) is 0 Å². The monoisotopic (exact) mass is 298 g/mol. The zero-order valence-corrected chi connectivity index (χ0v) is 13.2. The summed E-state index contributed by atoms with van der Waals surface area (Å²) in [4.78, 5) is 20.6. The molecular weight excluding hydrogens is 276 g/mol. The van der Waals surface area contributed by atoms with Crippen molar-refractivity contribution in [2.24, 2.45) is 0 Å². The molecule has 0 saturated heterocycles. The third kappa shape index (κ3) is 3.36. The SMILES string of the molecule is Cc1ccc(CN(C)CC(=O)N2CCn3cncc3C2)cc1. The molecule has 116 valence electrons. The van der Waals surface area contributed by atoms with E-state index in [1.807, 2.05) is 24.5 Å². The second kappa shape index (κ2) is 6.32. The first-order valence-corrected chi connectivity index (χ1v) is 7.62. The lowest BCUT2D eigenvalue weighted by Gasteiger charge is -2.29. The Labute approximate surface area is 131 Å². The second-order valence-corrected chi connectivity index (χ2v) is 6.05. The van der Waals surface area contributed by atoms with E-state index < -0.39 is 0 Å². The van der Waals surface area contributed by atoms with Crippen LogP contribution in [0.25, 0.3) is 0 Å². The summed E-state index contributed by atoms with van der Waals surface area (Å²) >= 11 is 0. The van der Waals surface area contributed by atoms with Crippen LogP contribution in [-0.2, 0) is 24.4 Å². The summed E-state index contributed by atoms with van der Waals surface area (Å²) in [5.41, 5.74) is 3.60. The number of carbonyl (C=O) groups excluding carboxylic acids is 1. The third-order valence-electron chi connectivity index (χ3n) is 4.09. The van der Waals surface area contributed by atoms with Crippen LogP contribution < -0.4 is 0 Å². The lowest BCUT2D eigenvalue weighted by molar-refractivity contribution is -0.133. The van der Waals surface area contributed by atoms with Crippen molar-refractivity contribution in [3.05, 3.63) is 53.6 Å². The molecule has 5 heteroatoms. The van der Waals surface area contributed by atoms with Gasteiger partial charge in [-0.25, -0.2) is 4.98 Å². The second-order valence-electron chi connectivity index (χ2n) is 6.05. The van der Waals surface area contributed by atoms with Crippen LogP contribution >= 0.6 is 0 Å². The number of benzene rings is 1. The molecule has 1 aliphatic rings. The van der Waals surface area contributed by atoms with Gasteiger partial charge in [-0.2, -0.15) is 0 Å². The van der Waals surface area contributed by atoms with Crippen LogP contribution in [0.1, 0.15) is 16.8 Å². The van der Waals surface area contributed by atoms with Gasteiger partial charge in [0.25, 0.3) is 0 Å². The molecule has 0 atom stereocenters. The Morgan fingerprint density at radius 1 is 1.27 bits per heavy atom. The van der Waals surface area contributed by atoms with Gasteiger partial charge in [-0.1, -0.05) is 29.8 Å². The molecule has 2 aromatic rings. The Kier molecular flexibility index (Phi) is 4.24. The number of amides is 1. The van der Waals surface area contributed by atoms with E-state index in [1.165, 1.54) is 11.1 Å². The van der Waals surface area contributed by atoms with Crippen molar-refractivity contribution in [2.75, 3.05) is 20.1 Å². The minimum Gasteiger partial charge on any atom is -0.334 e. The van der Waals surface area contributed by atoms with Gasteiger partial charge in [0.15, 0.2) is 0 Å². The molecule has 2 heterocycles. The molecule has 1 aromatic heterocycles. The van der Waals surface area contributed by atoms with Crippen LogP contribution in [0.15, 0.2) is 36.8 Å². The van der Waals surface area contributed by atoms with Gasteiger partial charge in [0.05, 0.1) is 25.1 Å². The number of aryl methyl sites for hydroxylation is 1. The number of carbonyl (C=O) groups is 1. The number of hydrogen-bond donors (Lipinski definition) is 0. The molecule has 0 bridgehead atoms. The van der Waals surface area contributed by atoms with Crippen LogP contribution in [0.2, 0.25) is 0 Å².